The second-order valence-electron chi connectivity index (χ2n) is 4.03. The van der Waals surface area contributed by atoms with Crippen molar-refractivity contribution in [3.8, 4) is 0 Å². The number of hydrogen-bond acceptors (Lipinski definition) is 1. The number of aromatic nitrogens is 1. The van der Waals surface area contributed by atoms with Gasteiger partial charge in [0.25, 0.3) is 0 Å². The van der Waals surface area contributed by atoms with Gasteiger partial charge in [-0.05, 0) is 36.6 Å². The quantitative estimate of drug-likeness (QED) is 0.712. The molecule has 1 aromatic heterocycles. The highest BCUT2D eigenvalue weighted by Crippen LogP contribution is 2.29. The Labute approximate surface area is 105 Å². The fraction of sp³-hybridized carbons (Fsp3) is 0.308. The number of halogens is 2. The molecule has 1 nitrogen and oxygen atoms in total. The molecule has 0 aliphatic carbocycles. The van der Waals surface area contributed by atoms with E-state index in [-0.39, 0.29) is 5.38 Å². The first-order valence-electron chi connectivity index (χ1n) is 5.28. The van der Waals surface area contributed by atoms with Gasteiger partial charge in [-0.3, -0.25) is 4.98 Å². The molecule has 0 radical (unpaired) electrons. The van der Waals surface area contributed by atoms with Crippen molar-refractivity contribution in [2.75, 3.05) is 0 Å². The van der Waals surface area contributed by atoms with E-state index in [9.17, 15) is 0 Å². The average molecular weight is 254 g/mol. The number of hydrogen-bond donors (Lipinski definition) is 0. The summed E-state index contributed by atoms with van der Waals surface area (Å²) in [6, 6.07) is 7.81. The third-order valence-electron chi connectivity index (χ3n) is 2.92. The van der Waals surface area contributed by atoms with Crippen molar-refractivity contribution in [1.82, 2.24) is 4.98 Å². The molecule has 0 fully saturated rings. The molecule has 16 heavy (non-hydrogen) atoms. The van der Waals surface area contributed by atoms with Crippen LogP contribution < -0.4 is 0 Å². The summed E-state index contributed by atoms with van der Waals surface area (Å²) in [6.07, 6.45) is 1.81. The highest BCUT2D eigenvalue weighted by Gasteiger charge is 2.14. The van der Waals surface area contributed by atoms with Gasteiger partial charge in [-0.15, -0.1) is 11.6 Å². The smallest absolute Gasteiger partial charge is 0.0719 e. The summed E-state index contributed by atoms with van der Waals surface area (Å²) in [4.78, 5) is 4.32. The summed E-state index contributed by atoms with van der Waals surface area (Å²) in [5.41, 5.74) is 2.15. The Morgan fingerprint density at radius 3 is 2.62 bits per heavy atom. The highest BCUT2D eigenvalue weighted by atomic mass is 35.5. The predicted octanol–water partition coefficient (Wildman–Crippen LogP) is 4.62. The number of rotatable bonds is 2. The van der Waals surface area contributed by atoms with E-state index in [1.807, 2.05) is 37.4 Å². The molecule has 2 unspecified atom stereocenters. The van der Waals surface area contributed by atoms with E-state index in [4.69, 9.17) is 23.2 Å². The van der Waals surface area contributed by atoms with Crippen molar-refractivity contribution in [3.63, 3.8) is 0 Å². The maximum atomic E-state index is 6.15. The third-order valence-corrected chi connectivity index (χ3v) is 3.53. The molecule has 0 amide bonds. The van der Waals surface area contributed by atoms with Crippen LogP contribution in [0.2, 0.25) is 5.02 Å². The molecule has 1 aromatic carbocycles. The first-order valence-corrected chi connectivity index (χ1v) is 6.09. The molecular weight excluding hydrogens is 241 g/mol. The van der Waals surface area contributed by atoms with Crippen LogP contribution in [0.15, 0.2) is 30.5 Å². The second-order valence-corrected chi connectivity index (χ2v) is 5.15. The van der Waals surface area contributed by atoms with Crippen LogP contribution in [0.4, 0.5) is 0 Å². The zero-order chi connectivity index (χ0) is 11.7. The Bertz CT molecular complexity index is 508. The number of nitrogens with zero attached hydrogens (tertiary/aromatic N) is 1. The lowest BCUT2D eigenvalue weighted by Gasteiger charge is -2.16. The summed E-state index contributed by atoms with van der Waals surface area (Å²) in [7, 11) is 0. The van der Waals surface area contributed by atoms with Crippen LogP contribution in [-0.4, -0.2) is 10.4 Å². The first-order chi connectivity index (χ1) is 7.59. The summed E-state index contributed by atoms with van der Waals surface area (Å²) >= 11 is 12.1. The predicted molar refractivity (Wildman–Crippen MR) is 70.5 cm³/mol. The summed E-state index contributed by atoms with van der Waals surface area (Å²) < 4.78 is 0. The van der Waals surface area contributed by atoms with Crippen molar-refractivity contribution >= 4 is 34.1 Å². The molecule has 0 aliphatic heterocycles. The Hall–Kier alpha value is -0.790. The Morgan fingerprint density at radius 1 is 1.19 bits per heavy atom. The molecular formula is C13H13Cl2N. The molecule has 3 heteroatoms. The van der Waals surface area contributed by atoms with Crippen molar-refractivity contribution < 1.29 is 0 Å². The lowest BCUT2D eigenvalue weighted by Crippen LogP contribution is -2.05. The van der Waals surface area contributed by atoms with E-state index in [1.165, 1.54) is 5.56 Å². The molecule has 0 saturated carbocycles. The zero-order valence-corrected chi connectivity index (χ0v) is 10.8. The summed E-state index contributed by atoms with van der Waals surface area (Å²) in [5.74, 6) is 0.299. The zero-order valence-electron chi connectivity index (χ0n) is 9.24. The van der Waals surface area contributed by atoms with Crippen LogP contribution in [0.5, 0.6) is 0 Å². The average Bonchev–Trinajstić information content (AvgIpc) is 2.26. The van der Waals surface area contributed by atoms with Gasteiger partial charge in [0.15, 0.2) is 0 Å². The van der Waals surface area contributed by atoms with Gasteiger partial charge in [-0.1, -0.05) is 24.6 Å². The number of fused-ring (bicyclic) bond motifs is 1. The van der Waals surface area contributed by atoms with Crippen LogP contribution in [0.1, 0.15) is 25.3 Å². The minimum Gasteiger partial charge on any atom is -0.256 e. The van der Waals surface area contributed by atoms with Gasteiger partial charge in [0.1, 0.15) is 0 Å². The van der Waals surface area contributed by atoms with E-state index in [0.717, 1.165) is 10.9 Å². The molecule has 0 saturated heterocycles. The van der Waals surface area contributed by atoms with Crippen molar-refractivity contribution in [2.45, 2.75) is 25.1 Å². The fourth-order valence-corrected chi connectivity index (χ4v) is 2.09. The summed E-state index contributed by atoms with van der Waals surface area (Å²) in [5, 5.41) is 1.94. The molecule has 0 bridgehead atoms. The number of alkyl halides is 1. The molecule has 84 valence electrons. The molecule has 0 N–H and O–H groups in total. The van der Waals surface area contributed by atoms with E-state index in [0.29, 0.717) is 10.9 Å². The first kappa shape index (κ1) is 11.7. The normalized spacial score (nSPS) is 15.0. The Morgan fingerprint density at radius 2 is 1.94 bits per heavy atom. The molecule has 2 aromatic rings. The van der Waals surface area contributed by atoms with Crippen LogP contribution >= 0.6 is 23.2 Å². The minimum absolute atomic E-state index is 0.0984. The van der Waals surface area contributed by atoms with Crippen molar-refractivity contribution in [3.05, 3.63) is 41.0 Å². The number of benzene rings is 1. The molecule has 1 heterocycles. The third kappa shape index (κ3) is 2.16. The van der Waals surface area contributed by atoms with E-state index >= 15 is 0 Å². The molecule has 0 aliphatic rings. The van der Waals surface area contributed by atoms with Crippen molar-refractivity contribution in [1.29, 1.82) is 0 Å². The van der Waals surface area contributed by atoms with Crippen LogP contribution in [0.3, 0.4) is 0 Å². The minimum atomic E-state index is 0.0984. The van der Waals surface area contributed by atoms with E-state index < -0.39 is 0 Å². The fourth-order valence-electron chi connectivity index (χ4n) is 1.79. The largest absolute Gasteiger partial charge is 0.256 e. The topological polar surface area (TPSA) is 12.9 Å². The van der Waals surface area contributed by atoms with Crippen LogP contribution in [0.25, 0.3) is 10.9 Å². The lowest BCUT2D eigenvalue weighted by atomic mass is 9.95. The SMILES string of the molecule is CC(Cl)C(C)c1ccnc2cc(Cl)ccc12. The number of pyridine rings is 1. The van der Waals surface area contributed by atoms with Crippen LogP contribution in [0, 0.1) is 0 Å². The van der Waals surface area contributed by atoms with Gasteiger partial charge in [-0.25, -0.2) is 0 Å². The van der Waals surface area contributed by atoms with E-state index in [2.05, 4.69) is 11.9 Å². The van der Waals surface area contributed by atoms with Gasteiger partial charge >= 0.3 is 0 Å². The second kappa shape index (κ2) is 4.60. The van der Waals surface area contributed by atoms with Gasteiger partial charge in [0.2, 0.25) is 0 Å². The molecule has 2 rings (SSSR count). The maximum absolute atomic E-state index is 6.15. The molecule has 0 spiro atoms. The van der Waals surface area contributed by atoms with Gasteiger partial charge in [0.05, 0.1) is 5.52 Å². The summed E-state index contributed by atoms with van der Waals surface area (Å²) in [6.45, 7) is 4.13. The molecule has 2 atom stereocenters. The van der Waals surface area contributed by atoms with Crippen LogP contribution in [-0.2, 0) is 0 Å². The van der Waals surface area contributed by atoms with Gasteiger partial charge in [-0.2, -0.15) is 0 Å². The lowest BCUT2D eigenvalue weighted by molar-refractivity contribution is 0.748. The van der Waals surface area contributed by atoms with E-state index in [1.54, 1.807) is 0 Å². The Balaban J connectivity index is 2.62. The Kier molecular flexibility index (Phi) is 3.36. The highest BCUT2D eigenvalue weighted by molar-refractivity contribution is 6.31. The maximum Gasteiger partial charge on any atom is 0.0719 e. The monoisotopic (exact) mass is 253 g/mol. The van der Waals surface area contributed by atoms with Gasteiger partial charge < -0.3 is 0 Å². The van der Waals surface area contributed by atoms with Crippen molar-refractivity contribution in [2.24, 2.45) is 0 Å². The van der Waals surface area contributed by atoms with Gasteiger partial charge in [0, 0.05) is 22.0 Å². The standard InChI is InChI=1S/C13H13Cl2N/c1-8(9(2)14)11-5-6-16-13-7-10(15)3-4-12(11)13/h3-9H,1-2H3.